The lowest BCUT2D eigenvalue weighted by atomic mass is 9.94. The highest BCUT2D eigenvalue weighted by Gasteiger charge is 2.28. The molecule has 0 saturated heterocycles. The lowest BCUT2D eigenvalue weighted by molar-refractivity contribution is 0.104. The predicted molar refractivity (Wildman–Crippen MR) is 114 cm³/mol. The molecule has 1 aromatic heterocycles. The summed E-state index contributed by atoms with van der Waals surface area (Å²) in [4.78, 5) is 13.0. The van der Waals surface area contributed by atoms with Gasteiger partial charge in [-0.25, -0.2) is 4.68 Å². The zero-order valence-corrected chi connectivity index (χ0v) is 18.3. The van der Waals surface area contributed by atoms with E-state index in [0.717, 1.165) is 11.8 Å². The molecule has 0 fully saturated rings. The number of thioether (sulfide) groups is 1. The first-order valence-corrected chi connectivity index (χ1v) is 11.3. The van der Waals surface area contributed by atoms with Gasteiger partial charge in [0.15, 0.2) is 0 Å². The van der Waals surface area contributed by atoms with E-state index in [-0.39, 0.29) is 31.3 Å². The van der Waals surface area contributed by atoms with Crippen molar-refractivity contribution in [1.82, 2.24) is 20.2 Å². The van der Waals surface area contributed by atoms with Gasteiger partial charge in [0.05, 0.1) is 25.6 Å². The first-order chi connectivity index (χ1) is 14.3. The summed E-state index contributed by atoms with van der Waals surface area (Å²) in [6.07, 6.45) is 1.42. The van der Waals surface area contributed by atoms with Crippen molar-refractivity contribution in [2.45, 2.75) is 10.1 Å². The molecule has 0 aliphatic heterocycles. The number of ketones is 1. The molecule has 30 heavy (non-hydrogen) atoms. The second kappa shape index (κ2) is 7.95. The third-order valence-electron chi connectivity index (χ3n) is 4.13. The van der Waals surface area contributed by atoms with Crippen LogP contribution < -0.4 is 0 Å². The minimum Gasteiger partial charge on any atom is -0.288 e. The second-order valence-corrected chi connectivity index (χ2v) is 9.53. The van der Waals surface area contributed by atoms with Gasteiger partial charge in [-0.1, -0.05) is 47.5 Å². The van der Waals surface area contributed by atoms with Crippen molar-refractivity contribution in [3.63, 3.8) is 0 Å². The van der Waals surface area contributed by atoms with Crippen LogP contribution in [0.4, 0.5) is 0 Å². The van der Waals surface area contributed by atoms with Crippen molar-refractivity contribution < 1.29 is 13.2 Å². The number of rotatable bonds is 4. The molecule has 0 spiro atoms. The zero-order chi connectivity index (χ0) is 21.5. The Kier molecular flexibility index (Phi) is 5.49. The largest absolute Gasteiger partial charge is 0.288 e. The molecule has 0 amide bonds. The molecule has 4 rings (SSSR count). The molecule has 1 aliphatic carbocycles. The molecule has 0 bridgehead atoms. The number of carbonyl (C=O) groups excluding carboxylic acids is 1. The first-order valence-electron chi connectivity index (χ1n) is 8.32. The number of allylic oxidation sites excluding steroid dienone is 2. The Bertz CT molecular complexity index is 1350. The molecule has 0 saturated carbocycles. The number of aromatic nitrogens is 4. The molecule has 1 heterocycles. The summed E-state index contributed by atoms with van der Waals surface area (Å²) in [5.74, 6) is -0.274. The Hall–Kier alpha value is -2.53. The third-order valence-corrected chi connectivity index (χ3v) is 7.21. The summed E-state index contributed by atoms with van der Waals surface area (Å²) in [5, 5.41) is 11.8. The Morgan fingerprint density at radius 1 is 1.07 bits per heavy atom. The molecule has 12 heteroatoms. The fourth-order valence-corrected chi connectivity index (χ4v) is 4.88. The Morgan fingerprint density at radius 2 is 1.80 bits per heavy atom. The van der Waals surface area contributed by atoms with Gasteiger partial charge >= 0.3 is 0 Å². The van der Waals surface area contributed by atoms with Gasteiger partial charge in [0.2, 0.25) is 10.9 Å². The number of nitrogens with zero attached hydrogens (tertiary/aromatic N) is 5. The van der Waals surface area contributed by atoms with E-state index < -0.39 is 10.0 Å². The summed E-state index contributed by atoms with van der Waals surface area (Å²) in [7, 11) is -2.49. The molecule has 0 atom stereocenters. The number of halogens is 2. The van der Waals surface area contributed by atoms with Crippen LogP contribution in [-0.2, 0) is 17.1 Å². The fraction of sp³-hybridized carbons (Fsp3) is 0.0556. The quantitative estimate of drug-likeness (QED) is 0.562. The Labute approximate surface area is 185 Å². The first kappa shape index (κ1) is 20.7. The lowest BCUT2D eigenvalue weighted by Crippen LogP contribution is -2.17. The molecule has 8 nitrogen and oxygen atoms in total. The number of hydrogen-bond donors (Lipinski definition) is 0. The van der Waals surface area contributed by atoms with Crippen LogP contribution in [0, 0.1) is 0 Å². The van der Waals surface area contributed by atoms with Gasteiger partial charge in [-0.3, -0.25) is 4.79 Å². The third kappa shape index (κ3) is 3.91. The standard InChI is InChI=1S/C18H11Cl2N5O3S2/c1-25-18(21-23-24-25)29-16-9-15(11-4-2-3-5-12(11)17(16)26)22-30(27,28)10-6-7-13(19)14(20)8-10/h2-9H,1H3. The molecule has 3 aromatic rings. The van der Waals surface area contributed by atoms with E-state index in [9.17, 15) is 13.2 Å². The zero-order valence-electron chi connectivity index (χ0n) is 15.2. The van der Waals surface area contributed by atoms with Gasteiger partial charge in [0.1, 0.15) is 0 Å². The summed E-state index contributed by atoms with van der Waals surface area (Å²) < 4.78 is 31.2. The number of benzene rings is 2. The number of tetrazole rings is 1. The maximum absolute atomic E-state index is 12.9. The van der Waals surface area contributed by atoms with E-state index in [1.807, 2.05) is 0 Å². The van der Waals surface area contributed by atoms with Crippen LogP contribution in [0.2, 0.25) is 10.0 Å². The van der Waals surface area contributed by atoms with E-state index in [0.29, 0.717) is 16.3 Å². The van der Waals surface area contributed by atoms with Crippen molar-refractivity contribution in [2.75, 3.05) is 0 Å². The summed E-state index contributed by atoms with van der Waals surface area (Å²) in [6.45, 7) is 0. The highest BCUT2D eigenvalue weighted by Crippen LogP contribution is 2.33. The highest BCUT2D eigenvalue weighted by molar-refractivity contribution is 8.04. The maximum Gasteiger partial charge on any atom is 0.282 e. The van der Waals surface area contributed by atoms with Gasteiger partial charge < -0.3 is 0 Å². The van der Waals surface area contributed by atoms with Gasteiger partial charge in [-0.05, 0) is 46.5 Å². The van der Waals surface area contributed by atoms with Crippen molar-refractivity contribution in [2.24, 2.45) is 11.4 Å². The molecular weight excluding hydrogens is 469 g/mol. The smallest absolute Gasteiger partial charge is 0.282 e. The Balaban J connectivity index is 1.84. The van der Waals surface area contributed by atoms with Crippen LogP contribution in [0.3, 0.4) is 0 Å². The number of hydrogen-bond acceptors (Lipinski definition) is 7. The van der Waals surface area contributed by atoms with Crippen LogP contribution in [0.1, 0.15) is 15.9 Å². The monoisotopic (exact) mass is 479 g/mol. The highest BCUT2D eigenvalue weighted by atomic mass is 35.5. The number of carbonyl (C=O) groups is 1. The van der Waals surface area contributed by atoms with Crippen LogP contribution in [0.5, 0.6) is 0 Å². The Morgan fingerprint density at radius 3 is 2.47 bits per heavy atom. The minimum absolute atomic E-state index is 0.0960. The predicted octanol–water partition coefficient (Wildman–Crippen LogP) is 3.57. The van der Waals surface area contributed by atoms with Gasteiger partial charge in [0, 0.05) is 18.2 Å². The van der Waals surface area contributed by atoms with Gasteiger partial charge in [-0.2, -0.15) is 12.8 Å². The normalized spacial score (nSPS) is 15.2. The number of sulfonamides is 1. The maximum atomic E-state index is 12.9. The molecule has 2 aromatic carbocycles. The van der Waals surface area contributed by atoms with Crippen LogP contribution in [0.15, 0.2) is 67.9 Å². The average molecular weight is 480 g/mol. The lowest BCUT2D eigenvalue weighted by Gasteiger charge is -2.16. The number of Topliss-reactive ketones (excluding diaryl/α,β-unsaturated/α-hetero) is 1. The number of aryl methyl sites for hydroxylation is 1. The molecule has 0 radical (unpaired) electrons. The van der Waals surface area contributed by atoms with Crippen molar-refractivity contribution >= 4 is 56.5 Å². The van der Waals surface area contributed by atoms with Crippen molar-refractivity contribution in [3.8, 4) is 0 Å². The molecule has 1 aliphatic rings. The van der Waals surface area contributed by atoms with Gasteiger partial charge in [-0.15, -0.1) is 5.10 Å². The number of fused-ring (bicyclic) bond motifs is 1. The minimum atomic E-state index is -4.12. The van der Waals surface area contributed by atoms with Crippen LogP contribution in [-0.4, -0.2) is 40.1 Å². The second-order valence-electron chi connectivity index (χ2n) is 6.10. The summed E-state index contributed by atoms with van der Waals surface area (Å²) in [5.41, 5.74) is 0.862. The molecule has 152 valence electrons. The van der Waals surface area contributed by atoms with E-state index >= 15 is 0 Å². The van der Waals surface area contributed by atoms with E-state index in [1.165, 1.54) is 29.0 Å². The SMILES string of the molecule is Cn1nnnc1SC1=CC(=NS(=O)(=O)c2ccc(Cl)c(Cl)c2)c2ccccc2C1=O. The van der Waals surface area contributed by atoms with E-state index in [1.54, 1.807) is 31.3 Å². The van der Waals surface area contributed by atoms with E-state index in [2.05, 4.69) is 19.9 Å². The summed E-state index contributed by atoms with van der Waals surface area (Å²) in [6, 6.07) is 10.6. The summed E-state index contributed by atoms with van der Waals surface area (Å²) >= 11 is 12.9. The van der Waals surface area contributed by atoms with Crippen LogP contribution in [0.25, 0.3) is 0 Å². The fourth-order valence-electron chi connectivity index (χ4n) is 2.68. The van der Waals surface area contributed by atoms with Crippen molar-refractivity contribution in [1.29, 1.82) is 0 Å². The van der Waals surface area contributed by atoms with Crippen LogP contribution >= 0.6 is 35.0 Å². The average Bonchev–Trinajstić information content (AvgIpc) is 3.12. The molecule has 0 unspecified atom stereocenters. The van der Waals surface area contributed by atoms with Crippen molar-refractivity contribution in [3.05, 3.63) is 74.6 Å². The topological polar surface area (TPSA) is 107 Å². The van der Waals surface area contributed by atoms with E-state index in [4.69, 9.17) is 23.2 Å². The van der Waals surface area contributed by atoms with Gasteiger partial charge in [0.25, 0.3) is 10.0 Å². The molecular formula is C18H11Cl2N5O3S2. The molecule has 0 N–H and O–H groups in total.